The summed E-state index contributed by atoms with van der Waals surface area (Å²) in [6.45, 7) is 5.85. The average Bonchev–Trinajstić information content (AvgIpc) is 3.31. The average molecular weight is 521 g/mol. The highest BCUT2D eigenvalue weighted by Crippen LogP contribution is 2.39. The third-order valence-electron chi connectivity index (χ3n) is 8.01. The number of carbonyl (C=O) groups excluding carboxylic acids is 3. The van der Waals surface area contributed by atoms with Gasteiger partial charge in [0.05, 0.1) is 13.7 Å². The SMILES string of the molecule is COc1ccc(C(=O)N2C(C(=O)N3CCN(C)CC3)COC23CCN(C(=O)c2cccc(C)c2)CC3)cc1. The van der Waals surface area contributed by atoms with Crippen LogP contribution in [-0.4, -0.2) is 109 Å². The molecule has 9 nitrogen and oxygen atoms in total. The molecule has 9 heteroatoms. The van der Waals surface area contributed by atoms with Gasteiger partial charge in [0.15, 0.2) is 0 Å². The minimum Gasteiger partial charge on any atom is -0.497 e. The number of carbonyl (C=O) groups is 3. The summed E-state index contributed by atoms with van der Waals surface area (Å²) in [5.74, 6) is 0.313. The lowest BCUT2D eigenvalue weighted by atomic mass is 9.95. The number of piperidine rings is 1. The number of ether oxygens (including phenoxy) is 2. The number of hydrogen-bond donors (Lipinski definition) is 0. The third kappa shape index (κ3) is 5.00. The number of hydrogen-bond acceptors (Lipinski definition) is 6. The van der Waals surface area contributed by atoms with Crippen LogP contribution in [-0.2, 0) is 9.53 Å². The maximum absolute atomic E-state index is 14.0. The largest absolute Gasteiger partial charge is 0.497 e. The second-order valence-electron chi connectivity index (χ2n) is 10.5. The quantitative estimate of drug-likeness (QED) is 0.615. The standard InChI is InChI=1S/C29H36N4O5/c1-21-5-4-6-23(19-21)26(34)31-13-11-29(12-14-31)33(27(35)22-7-9-24(37-3)10-8-22)25(20-38-29)28(36)32-17-15-30(2)16-18-32/h4-10,19,25H,11-18,20H2,1-3H3. The van der Waals surface area contributed by atoms with Gasteiger partial charge >= 0.3 is 0 Å². The van der Waals surface area contributed by atoms with E-state index in [0.717, 1.165) is 18.7 Å². The molecular weight excluding hydrogens is 484 g/mol. The zero-order valence-electron chi connectivity index (χ0n) is 22.4. The predicted molar refractivity (Wildman–Crippen MR) is 142 cm³/mol. The molecular formula is C29H36N4O5. The molecule has 0 N–H and O–H groups in total. The fourth-order valence-electron chi connectivity index (χ4n) is 5.69. The summed E-state index contributed by atoms with van der Waals surface area (Å²) >= 11 is 0. The highest BCUT2D eigenvalue weighted by Gasteiger charge is 2.55. The van der Waals surface area contributed by atoms with Crippen LogP contribution in [0.15, 0.2) is 48.5 Å². The zero-order chi connectivity index (χ0) is 26.9. The number of aryl methyl sites for hydroxylation is 1. The summed E-state index contributed by atoms with van der Waals surface area (Å²) in [4.78, 5) is 48.4. The Hall–Kier alpha value is -3.43. The van der Waals surface area contributed by atoms with Crippen LogP contribution in [0.1, 0.15) is 39.1 Å². The van der Waals surface area contributed by atoms with Gasteiger partial charge in [0, 0.05) is 63.2 Å². The van der Waals surface area contributed by atoms with E-state index >= 15 is 0 Å². The molecule has 3 aliphatic heterocycles. The molecule has 3 saturated heterocycles. The number of rotatable bonds is 4. The van der Waals surface area contributed by atoms with Crippen molar-refractivity contribution in [2.45, 2.75) is 31.5 Å². The first-order valence-electron chi connectivity index (χ1n) is 13.3. The van der Waals surface area contributed by atoms with Crippen molar-refractivity contribution in [1.29, 1.82) is 0 Å². The first kappa shape index (κ1) is 26.2. The van der Waals surface area contributed by atoms with Crippen molar-refractivity contribution in [3.05, 3.63) is 65.2 Å². The molecule has 2 aromatic carbocycles. The van der Waals surface area contributed by atoms with Gasteiger partial charge in [-0.2, -0.15) is 0 Å². The van der Waals surface area contributed by atoms with Crippen LogP contribution in [0.5, 0.6) is 5.75 Å². The Balaban J connectivity index is 1.39. The smallest absolute Gasteiger partial charge is 0.256 e. The molecule has 5 rings (SSSR count). The minimum absolute atomic E-state index is 0.0281. The molecule has 0 saturated carbocycles. The van der Waals surface area contributed by atoms with Gasteiger partial charge in [0.1, 0.15) is 17.5 Å². The van der Waals surface area contributed by atoms with Crippen molar-refractivity contribution in [2.24, 2.45) is 0 Å². The number of likely N-dealkylation sites (N-methyl/N-ethyl adjacent to an activating group) is 1. The van der Waals surface area contributed by atoms with Crippen molar-refractivity contribution in [3.63, 3.8) is 0 Å². The lowest BCUT2D eigenvalue weighted by Crippen LogP contribution is -2.61. The molecule has 202 valence electrons. The van der Waals surface area contributed by atoms with Crippen molar-refractivity contribution in [2.75, 3.05) is 60.0 Å². The maximum atomic E-state index is 14.0. The number of nitrogens with zero attached hydrogens (tertiary/aromatic N) is 4. The van der Waals surface area contributed by atoms with E-state index in [4.69, 9.17) is 9.47 Å². The van der Waals surface area contributed by atoms with Crippen molar-refractivity contribution >= 4 is 17.7 Å². The van der Waals surface area contributed by atoms with Crippen LogP contribution in [0.3, 0.4) is 0 Å². The molecule has 3 amide bonds. The summed E-state index contributed by atoms with van der Waals surface area (Å²) in [6, 6.07) is 13.8. The molecule has 0 radical (unpaired) electrons. The Kier molecular flexibility index (Phi) is 7.40. The van der Waals surface area contributed by atoms with Crippen molar-refractivity contribution < 1.29 is 23.9 Å². The van der Waals surface area contributed by atoms with E-state index in [0.29, 0.717) is 55.9 Å². The van der Waals surface area contributed by atoms with Gasteiger partial charge in [-0.1, -0.05) is 17.7 Å². The number of likely N-dealkylation sites (tertiary alicyclic amines) is 1. The van der Waals surface area contributed by atoms with E-state index in [2.05, 4.69) is 4.90 Å². The van der Waals surface area contributed by atoms with E-state index in [-0.39, 0.29) is 24.3 Å². The van der Waals surface area contributed by atoms with E-state index in [1.807, 2.05) is 48.0 Å². The molecule has 1 atom stereocenters. The predicted octanol–water partition coefficient (Wildman–Crippen LogP) is 2.25. The van der Waals surface area contributed by atoms with Crippen molar-refractivity contribution in [3.8, 4) is 5.75 Å². The van der Waals surface area contributed by atoms with Gasteiger partial charge in [-0.15, -0.1) is 0 Å². The first-order valence-corrected chi connectivity index (χ1v) is 13.3. The zero-order valence-corrected chi connectivity index (χ0v) is 22.4. The minimum atomic E-state index is -0.937. The molecule has 3 fully saturated rings. The van der Waals surface area contributed by atoms with Gasteiger partial charge in [-0.3, -0.25) is 19.3 Å². The maximum Gasteiger partial charge on any atom is 0.256 e. The molecule has 1 spiro atoms. The van der Waals surface area contributed by atoms with Gasteiger partial charge in [-0.05, 0) is 50.4 Å². The van der Waals surface area contributed by atoms with Crippen LogP contribution < -0.4 is 4.74 Å². The molecule has 2 aromatic rings. The fraction of sp³-hybridized carbons (Fsp3) is 0.483. The molecule has 1 unspecified atom stereocenters. The van der Waals surface area contributed by atoms with Crippen LogP contribution in [0.25, 0.3) is 0 Å². The molecule has 0 aromatic heterocycles. The molecule has 0 bridgehead atoms. The van der Waals surface area contributed by atoms with Crippen molar-refractivity contribution in [1.82, 2.24) is 19.6 Å². The lowest BCUT2D eigenvalue weighted by molar-refractivity contribution is -0.139. The molecule has 3 aliphatic rings. The fourth-order valence-corrected chi connectivity index (χ4v) is 5.69. The van der Waals surface area contributed by atoms with E-state index in [1.165, 1.54) is 0 Å². The Bertz CT molecular complexity index is 1180. The Morgan fingerprint density at radius 3 is 2.18 bits per heavy atom. The normalized spacial score (nSPS) is 21.6. The van der Waals surface area contributed by atoms with Crippen LogP contribution in [0.2, 0.25) is 0 Å². The van der Waals surface area contributed by atoms with E-state index < -0.39 is 11.8 Å². The summed E-state index contributed by atoms with van der Waals surface area (Å²) in [6.07, 6.45) is 0.887. The number of benzene rings is 2. The topological polar surface area (TPSA) is 82.6 Å². The van der Waals surface area contributed by atoms with Gasteiger partial charge in [0.2, 0.25) is 5.91 Å². The summed E-state index contributed by atoms with van der Waals surface area (Å²) < 4.78 is 11.6. The van der Waals surface area contributed by atoms with Crippen LogP contribution in [0.4, 0.5) is 0 Å². The summed E-state index contributed by atoms with van der Waals surface area (Å²) in [7, 11) is 3.62. The second-order valence-corrected chi connectivity index (χ2v) is 10.5. The Morgan fingerprint density at radius 1 is 0.868 bits per heavy atom. The van der Waals surface area contributed by atoms with E-state index in [1.54, 1.807) is 36.3 Å². The van der Waals surface area contributed by atoms with Gasteiger partial charge < -0.3 is 24.2 Å². The number of amides is 3. The third-order valence-corrected chi connectivity index (χ3v) is 8.01. The first-order chi connectivity index (χ1) is 18.3. The second kappa shape index (κ2) is 10.7. The molecule has 0 aliphatic carbocycles. The highest BCUT2D eigenvalue weighted by atomic mass is 16.5. The summed E-state index contributed by atoms with van der Waals surface area (Å²) in [5, 5.41) is 0. The number of piperazine rings is 1. The van der Waals surface area contributed by atoms with Crippen LogP contribution in [0, 0.1) is 6.92 Å². The molecule has 38 heavy (non-hydrogen) atoms. The van der Waals surface area contributed by atoms with Crippen LogP contribution >= 0.6 is 0 Å². The Labute approximate surface area is 223 Å². The van der Waals surface area contributed by atoms with E-state index in [9.17, 15) is 14.4 Å². The monoisotopic (exact) mass is 520 g/mol. The lowest BCUT2D eigenvalue weighted by Gasteiger charge is -2.45. The molecule has 3 heterocycles. The van der Waals surface area contributed by atoms with Gasteiger partial charge in [0.25, 0.3) is 11.8 Å². The van der Waals surface area contributed by atoms with Gasteiger partial charge in [-0.25, -0.2) is 0 Å². The Morgan fingerprint density at radius 2 is 1.55 bits per heavy atom. The number of methoxy groups -OCH3 is 1. The summed E-state index contributed by atoms with van der Waals surface area (Å²) in [5.41, 5.74) is 1.23. The highest BCUT2D eigenvalue weighted by molar-refractivity contribution is 5.99.